The number of rotatable bonds is 6. The lowest BCUT2D eigenvalue weighted by molar-refractivity contribution is -0.123. The number of benzene rings is 3. The minimum absolute atomic E-state index is 0.198. The summed E-state index contributed by atoms with van der Waals surface area (Å²) in [6, 6.07) is 22.5. The number of ether oxygens (including phenoxy) is 1. The Morgan fingerprint density at radius 1 is 1.07 bits per heavy atom. The molecule has 0 bridgehead atoms. The number of hydrogen-bond acceptors (Lipinski definition) is 4. The van der Waals surface area contributed by atoms with Gasteiger partial charge in [0.2, 0.25) is 0 Å². The molecule has 138 valence electrons. The van der Waals surface area contributed by atoms with Gasteiger partial charge in [0.05, 0.1) is 17.8 Å². The van der Waals surface area contributed by atoms with E-state index in [-0.39, 0.29) is 12.4 Å². The fourth-order valence-electron chi connectivity index (χ4n) is 2.43. The van der Waals surface area contributed by atoms with Crippen LogP contribution in [0, 0.1) is 17.1 Å². The van der Waals surface area contributed by atoms with Gasteiger partial charge in [-0.1, -0.05) is 36.4 Å². The normalized spacial score (nSPS) is 10.4. The van der Waals surface area contributed by atoms with Gasteiger partial charge in [-0.15, -0.1) is 0 Å². The van der Waals surface area contributed by atoms with Crippen LogP contribution in [0.15, 0.2) is 77.9 Å². The van der Waals surface area contributed by atoms with E-state index in [1.54, 1.807) is 36.4 Å². The Bertz CT molecular complexity index is 1020. The number of nitrogens with zero attached hydrogens (tertiary/aromatic N) is 2. The first-order valence-electron chi connectivity index (χ1n) is 8.45. The molecule has 1 amide bonds. The van der Waals surface area contributed by atoms with Crippen LogP contribution in [0.2, 0.25) is 0 Å². The summed E-state index contributed by atoms with van der Waals surface area (Å²) in [5.74, 6) is -0.256. The van der Waals surface area contributed by atoms with Gasteiger partial charge in [-0.25, -0.2) is 9.82 Å². The van der Waals surface area contributed by atoms with Crippen molar-refractivity contribution < 1.29 is 13.9 Å². The molecule has 3 aromatic rings. The molecule has 0 radical (unpaired) electrons. The number of halogens is 1. The summed E-state index contributed by atoms with van der Waals surface area (Å²) in [4.78, 5) is 11.8. The maximum absolute atomic E-state index is 13.1. The van der Waals surface area contributed by atoms with Crippen LogP contribution in [0.3, 0.4) is 0 Å². The minimum Gasteiger partial charge on any atom is -0.484 e. The molecule has 5 nitrogen and oxygen atoms in total. The second kappa shape index (κ2) is 9.10. The van der Waals surface area contributed by atoms with E-state index >= 15 is 0 Å². The first-order valence-corrected chi connectivity index (χ1v) is 8.45. The van der Waals surface area contributed by atoms with E-state index in [4.69, 9.17) is 10.00 Å². The molecule has 6 heteroatoms. The van der Waals surface area contributed by atoms with Crippen LogP contribution in [0.4, 0.5) is 4.39 Å². The Balaban J connectivity index is 1.50. The van der Waals surface area contributed by atoms with Crippen LogP contribution in [-0.2, 0) is 4.79 Å². The topological polar surface area (TPSA) is 74.5 Å². The number of carbonyl (C=O) groups is 1. The highest BCUT2D eigenvalue weighted by Crippen LogP contribution is 2.22. The molecule has 0 spiro atoms. The molecule has 0 aliphatic rings. The van der Waals surface area contributed by atoms with Crippen molar-refractivity contribution in [3.8, 4) is 22.9 Å². The molecular formula is C22H16FN3O2. The zero-order valence-corrected chi connectivity index (χ0v) is 14.8. The Kier molecular flexibility index (Phi) is 6.11. The van der Waals surface area contributed by atoms with Gasteiger partial charge < -0.3 is 4.74 Å². The SMILES string of the molecule is N#Cc1ccc(-c2ccc(OCC(=O)N/N=C/c3cccc(F)c3)cc2)cc1. The van der Waals surface area contributed by atoms with Crippen LogP contribution in [0.1, 0.15) is 11.1 Å². The molecule has 0 atom stereocenters. The van der Waals surface area contributed by atoms with E-state index in [0.29, 0.717) is 16.9 Å². The lowest BCUT2D eigenvalue weighted by Gasteiger charge is -2.07. The number of amides is 1. The number of nitrogens with one attached hydrogen (secondary N) is 1. The first kappa shape index (κ1) is 18.8. The van der Waals surface area contributed by atoms with Crippen molar-refractivity contribution in [3.63, 3.8) is 0 Å². The Morgan fingerprint density at radius 2 is 1.75 bits per heavy atom. The van der Waals surface area contributed by atoms with Crippen LogP contribution < -0.4 is 10.2 Å². The van der Waals surface area contributed by atoms with E-state index in [2.05, 4.69) is 16.6 Å². The van der Waals surface area contributed by atoms with Crippen molar-refractivity contribution in [2.75, 3.05) is 6.61 Å². The predicted octanol–water partition coefficient (Wildman–Crippen LogP) is 3.89. The highest BCUT2D eigenvalue weighted by Gasteiger charge is 2.03. The zero-order chi connectivity index (χ0) is 19.8. The molecule has 0 aliphatic heterocycles. The molecule has 1 N–H and O–H groups in total. The van der Waals surface area contributed by atoms with Gasteiger partial charge in [-0.3, -0.25) is 4.79 Å². The monoisotopic (exact) mass is 373 g/mol. The Hall–Kier alpha value is -3.98. The number of hydrazone groups is 1. The smallest absolute Gasteiger partial charge is 0.277 e. The Morgan fingerprint density at radius 3 is 2.39 bits per heavy atom. The van der Waals surface area contributed by atoms with Crippen molar-refractivity contribution in [1.29, 1.82) is 5.26 Å². The molecule has 3 rings (SSSR count). The molecule has 3 aromatic carbocycles. The van der Waals surface area contributed by atoms with Crippen molar-refractivity contribution >= 4 is 12.1 Å². The third-order valence-corrected chi connectivity index (χ3v) is 3.82. The lowest BCUT2D eigenvalue weighted by Crippen LogP contribution is -2.24. The standard InChI is InChI=1S/C22H16FN3O2/c23-20-3-1-2-17(12-20)14-25-26-22(27)15-28-21-10-8-19(9-11-21)18-6-4-16(13-24)5-7-18/h1-12,14H,15H2,(H,26,27)/b25-14+. The summed E-state index contributed by atoms with van der Waals surface area (Å²) in [5, 5.41) is 12.6. The van der Waals surface area contributed by atoms with Crippen LogP contribution in [-0.4, -0.2) is 18.7 Å². The summed E-state index contributed by atoms with van der Waals surface area (Å²) in [7, 11) is 0. The summed E-state index contributed by atoms with van der Waals surface area (Å²) in [6.07, 6.45) is 1.35. The third kappa shape index (κ3) is 5.26. The fourth-order valence-corrected chi connectivity index (χ4v) is 2.43. The molecular weight excluding hydrogens is 357 g/mol. The molecule has 0 saturated carbocycles. The van der Waals surface area contributed by atoms with Crippen molar-refractivity contribution in [1.82, 2.24) is 5.43 Å². The number of nitriles is 1. The molecule has 0 unspecified atom stereocenters. The highest BCUT2D eigenvalue weighted by molar-refractivity contribution is 5.82. The minimum atomic E-state index is -0.427. The van der Waals surface area contributed by atoms with Gasteiger partial charge in [0, 0.05) is 0 Å². The summed E-state index contributed by atoms with van der Waals surface area (Å²) in [5.41, 5.74) is 5.43. The van der Waals surface area contributed by atoms with Gasteiger partial charge in [-0.2, -0.15) is 10.4 Å². The molecule has 0 aliphatic carbocycles. The lowest BCUT2D eigenvalue weighted by atomic mass is 10.0. The van der Waals surface area contributed by atoms with E-state index < -0.39 is 5.91 Å². The van der Waals surface area contributed by atoms with Gasteiger partial charge in [0.25, 0.3) is 5.91 Å². The first-order chi connectivity index (χ1) is 13.6. The van der Waals surface area contributed by atoms with Gasteiger partial charge in [0.1, 0.15) is 11.6 Å². The zero-order valence-electron chi connectivity index (χ0n) is 14.8. The molecule has 0 aromatic heterocycles. The maximum atomic E-state index is 13.1. The number of hydrogen-bond donors (Lipinski definition) is 1. The third-order valence-electron chi connectivity index (χ3n) is 3.82. The second-order valence-electron chi connectivity index (χ2n) is 5.85. The Labute approximate surface area is 161 Å². The largest absolute Gasteiger partial charge is 0.484 e. The second-order valence-corrected chi connectivity index (χ2v) is 5.85. The fraction of sp³-hybridized carbons (Fsp3) is 0.0455. The van der Waals surface area contributed by atoms with Crippen molar-refractivity contribution in [3.05, 3.63) is 89.7 Å². The van der Waals surface area contributed by atoms with Crippen LogP contribution in [0.25, 0.3) is 11.1 Å². The van der Waals surface area contributed by atoms with Crippen molar-refractivity contribution in [2.24, 2.45) is 5.10 Å². The van der Waals surface area contributed by atoms with Gasteiger partial charge in [0.15, 0.2) is 6.61 Å². The summed E-state index contributed by atoms with van der Waals surface area (Å²) >= 11 is 0. The average molecular weight is 373 g/mol. The van der Waals surface area contributed by atoms with Gasteiger partial charge >= 0.3 is 0 Å². The summed E-state index contributed by atoms with van der Waals surface area (Å²) < 4.78 is 18.5. The van der Waals surface area contributed by atoms with E-state index in [9.17, 15) is 9.18 Å². The van der Waals surface area contributed by atoms with E-state index in [1.807, 2.05) is 24.3 Å². The molecule has 0 saturated heterocycles. The highest BCUT2D eigenvalue weighted by atomic mass is 19.1. The van der Waals surface area contributed by atoms with E-state index in [1.165, 1.54) is 18.3 Å². The van der Waals surface area contributed by atoms with Crippen molar-refractivity contribution in [2.45, 2.75) is 0 Å². The van der Waals surface area contributed by atoms with E-state index in [0.717, 1.165) is 11.1 Å². The number of carbonyl (C=O) groups excluding carboxylic acids is 1. The predicted molar refractivity (Wildman–Crippen MR) is 104 cm³/mol. The average Bonchev–Trinajstić information content (AvgIpc) is 2.73. The maximum Gasteiger partial charge on any atom is 0.277 e. The van der Waals surface area contributed by atoms with Crippen LogP contribution in [0.5, 0.6) is 5.75 Å². The molecule has 0 heterocycles. The molecule has 0 fully saturated rings. The van der Waals surface area contributed by atoms with Gasteiger partial charge in [-0.05, 0) is 53.1 Å². The summed E-state index contributed by atoms with van der Waals surface area (Å²) in [6.45, 7) is -0.198. The quantitative estimate of drug-likeness (QED) is 0.526. The van der Waals surface area contributed by atoms with Crippen LogP contribution >= 0.6 is 0 Å². The molecule has 28 heavy (non-hydrogen) atoms.